The molecule has 4 aliphatic rings. The highest BCUT2D eigenvalue weighted by atomic mass is 16.2. The molecule has 1 aliphatic carbocycles. The first-order valence-electron chi connectivity index (χ1n) is 12.9. The van der Waals surface area contributed by atoms with Crippen LogP contribution in [0.4, 0.5) is 0 Å². The van der Waals surface area contributed by atoms with Crippen molar-refractivity contribution in [1.29, 1.82) is 0 Å². The lowest BCUT2D eigenvalue weighted by Gasteiger charge is -2.55. The monoisotopic (exact) mass is 465 g/mol. The predicted octanol–water partition coefficient (Wildman–Crippen LogP) is 2.03. The minimum absolute atomic E-state index is 0.201. The summed E-state index contributed by atoms with van der Waals surface area (Å²) in [7, 11) is 1.77. The quantitative estimate of drug-likeness (QED) is 0.678. The van der Waals surface area contributed by atoms with E-state index in [-0.39, 0.29) is 23.9 Å². The maximum Gasteiger partial charge on any atom is 0.329 e. The molecule has 0 bridgehead atoms. The molecule has 6 rings (SSSR count). The largest absolute Gasteiger partial charge is 0.329 e. The lowest BCUT2D eigenvalue weighted by atomic mass is 9.60. The summed E-state index contributed by atoms with van der Waals surface area (Å²) in [4.78, 5) is 39.7. The zero-order valence-corrected chi connectivity index (χ0v) is 20.0. The zero-order chi connectivity index (χ0) is 23.4. The van der Waals surface area contributed by atoms with Gasteiger partial charge in [0.05, 0.1) is 11.0 Å². The first-order chi connectivity index (χ1) is 16.4. The number of hydrogen-bond acceptors (Lipinski definition) is 5. The SMILES string of the molecule is Cn1c(=O)n(C2CCC(=O)NC2=O)c2ccc(C3CCN(C4CC5(CCNCC5)C4)CC3)cc21. The molecule has 0 radical (unpaired) electrons. The fraction of sp³-hybridized carbons (Fsp3) is 0.654. The number of hydrogen-bond donors (Lipinski definition) is 2. The third kappa shape index (κ3) is 3.62. The summed E-state index contributed by atoms with van der Waals surface area (Å²) in [6.07, 6.45) is 8.37. The Hall–Kier alpha value is -2.45. The molecule has 8 heteroatoms. The van der Waals surface area contributed by atoms with Gasteiger partial charge in [-0.3, -0.25) is 24.0 Å². The fourth-order valence-corrected chi connectivity index (χ4v) is 7.03. The van der Waals surface area contributed by atoms with E-state index in [4.69, 9.17) is 0 Å². The first kappa shape index (κ1) is 22.0. The van der Waals surface area contributed by atoms with Gasteiger partial charge in [0.25, 0.3) is 0 Å². The van der Waals surface area contributed by atoms with Crippen molar-refractivity contribution in [3.8, 4) is 0 Å². The van der Waals surface area contributed by atoms with Crippen LogP contribution in [-0.2, 0) is 16.6 Å². The Labute approximate surface area is 199 Å². The van der Waals surface area contributed by atoms with Crippen LogP contribution in [0.1, 0.15) is 68.9 Å². The lowest BCUT2D eigenvalue weighted by molar-refractivity contribution is -0.135. The molecule has 1 spiro atoms. The standard InChI is InChI=1S/C26H35N5O3/c1-29-22-14-18(2-3-20(22)31(25(29)34)21-4-5-23(32)28-24(21)33)17-6-12-30(13-7-17)19-15-26(16-19)8-10-27-11-9-26/h2-3,14,17,19,21,27H,4-13,15-16H2,1H3,(H,28,32,33). The molecule has 3 aliphatic heterocycles. The van der Waals surface area contributed by atoms with Crippen LogP contribution in [0.2, 0.25) is 0 Å². The molecule has 8 nitrogen and oxygen atoms in total. The Morgan fingerprint density at radius 3 is 2.41 bits per heavy atom. The van der Waals surface area contributed by atoms with Gasteiger partial charge >= 0.3 is 5.69 Å². The second kappa shape index (κ2) is 8.34. The number of imidazole rings is 1. The number of likely N-dealkylation sites (tertiary alicyclic amines) is 1. The normalized spacial score (nSPS) is 26.7. The molecule has 182 valence electrons. The van der Waals surface area contributed by atoms with Crippen molar-refractivity contribution in [2.24, 2.45) is 12.5 Å². The molecular weight excluding hydrogens is 430 g/mol. The molecule has 2 aromatic rings. The van der Waals surface area contributed by atoms with Crippen LogP contribution in [0.15, 0.2) is 23.0 Å². The second-order valence-corrected chi connectivity index (χ2v) is 11.0. The van der Waals surface area contributed by atoms with Crippen molar-refractivity contribution in [3.05, 3.63) is 34.2 Å². The van der Waals surface area contributed by atoms with Crippen LogP contribution in [0.3, 0.4) is 0 Å². The average Bonchev–Trinajstić information content (AvgIpc) is 3.08. The van der Waals surface area contributed by atoms with E-state index < -0.39 is 6.04 Å². The first-order valence-corrected chi connectivity index (χ1v) is 12.9. The number of carbonyl (C=O) groups is 2. The molecule has 2 amide bonds. The minimum atomic E-state index is -0.631. The fourth-order valence-electron chi connectivity index (χ4n) is 7.03. The highest BCUT2D eigenvalue weighted by Crippen LogP contribution is 2.50. The number of aryl methyl sites for hydroxylation is 1. The Bertz CT molecular complexity index is 1170. The molecule has 1 unspecified atom stereocenters. The smallest absolute Gasteiger partial charge is 0.317 e. The number of imide groups is 1. The van der Waals surface area contributed by atoms with Gasteiger partial charge in [-0.1, -0.05) is 6.07 Å². The van der Waals surface area contributed by atoms with Crippen molar-refractivity contribution in [1.82, 2.24) is 24.7 Å². The highest BCUT2D eigenvalue weighted by Gasteiger charge is 2.47. The van der Waals surface area contributed by atoms with Gasteiger partial charge in [-0.25, -0.2) is 4.79 Å². The molecule has 1 saturated carbocycles. The molecule has 1 aromatic heterocycles. The van der Waals surface area contributed by atoms with Crippen LogP contribution in [0.25, 0.3) is 11.0 Å². The van der Waals surface area contributed by atoms with Gasteiger partial charge in [0.2, 0.25) is 11.8 Å². The minimum Gasteiger partial charge on any atom is -0.317 e. The van der Waals surface area contributed by atoms with Crippen LogP contribution in [0.5, 0.6) is 0 Å². The third-order valence-electron chi connectivity index (χ3n) is 9.15. The number of aromatic nitrogens is 2. The number of carbonyl (C=O) groups excluding carboxylic acids is 2. The van der Waals surface area contributed by atoms with Crippen LogP contribution in [0, 0.1) is 5.41 Å². The molecule has 4 fully saturated rings. The van der Waals surface area contributed by atoms with E-state index in [1.54, 1.807) is 16.2 Å². The molecular formula is C26H35N5O3. The van der Waals surface area contributed by atoms with E-state index in [2.05, 4.69) is 27.7 Å². The van der Waals surface area contributed by atoms with Gasteiger partial charge in [0.1, 0.15) is 6.04 Å². The molecule has 1 aromatic carbocycles. The highest BCUT2D eigenvalue weighted by molar-refractivity contribution is 6.00. The van der Waals surface area contributed by atoms with Gasteiger partial charge in [-0.05, 0) is 100 Å². The van der Waals surface area contributed by atoms with Crippen LogP contribution >= 0.6 is 0 Å². The summed E-state index contributed by atoms with van der Waals surface area (Å²) in [5, 5.41) is 5.88. The molecule has 3 saturated heterocycles. The lowest BCUT2D eigenvalue weighted by Crippen LogP contribution is -2.55. The Morgan fingerprint density at radius 2 is 1.71 bits per heavy atom. The molecule has 4 heterocycles. The Kier molecular flexibility index (Phi) is 5.41. The van der Waals surface area contributed by atoms with E-state index in [1.807, 2.05) is 6.07 Å². The molecule has 1 atom stereocenters. The molecule has 34 heavy (non-hydrogen) atoms. The number of fused-ring (bicyclic) bond motifs is 1. The summed E-state index contributed by atoms with van der Waals surface area (Å²) in [5.74, 6) is -0.150. The van der Waals surface area contributed by atoms with Crippen LogP contribution < -0.4 is 16.3 Å². The van der Waals surface area contributed by atoms with Gasteiger partial charge in [-0.15, -0.1) is 0 Å². The summed E-state index contributed by atoms with van der Waals surface area (Å²) in [5.41, 5.74) is 3.34. The van der Waals surface area contributed by atoms with E-state index in [0.717, 1.165) is 43.0 Å². The number of nitrogens with one attached hydrogen (secondary N) is 2. The van der Waals surface area contributed by atoms with Gasteiger partial charge in [0, 0.05) is 19.5 Å². The van der Waals surface area contributed by atoms with Crippen molar-refractivity contribution in [2.45, 2.75) is 69.4 Å². The summed E-state index contributed by atoms with van der Waals surface area (Å²) >= 11 is 0. The number of amides is 2. The van der Waals surface area contributed by atoms with Crippen LogP contribution in [-0.4, -0.2) is 58.1 Å². The average molecular weight is 466 g/mol. The van der Waals surface area contributed by atoms with Crippen molar-refractivity contribution < 1.29 is 9.59 Å². The van der Waals surface area contributed by atoms with E-state index in [9.17, 15) is 14.4 Å². The Morgan fingerprint density at radius 1 is 0.971 bits per heavy atom. The third-order valence-corrected chi connectivity index (χ3v) is 9.15. The zero-order valence-electron chi connectivity index (χ0n) is 20.0. The van der Waals surface area contributed by atoms with E-state index in [0.29, 0.717) is 17.8 Å². The summed E-state index contributed by atoms with van der Waals surface area (Å²) in [6, 6.07) is 6.41. The topological polar surface area (TPSA) is 88.4 Å². The number of piperidine rings is 3. The molecule has 2 N–H and O–H groups in total. The van der Waals surface area contributed by atoms with Gasteiger partial charge < -0.3 is 10.2 Å². The van der Waals surface area contributed by atoms with Crippen molar-refractivity contribution >= 4 is 22.8 Å². The maximum atomic E-state index is 13.0. The van der Waals surface area contributed by atoms with Crippen molar-refractivity contribution in [2.75, 3.05) is 26.2 Å². The number of rotatable bonds is 3. The maximum absolute atomic E-state index is 13.0. The summed E-state index contributed by atoms with van der Waals surface area (Å²) < 4.78 is 3.21. The number of nitrogens with zero attached hydrogens (tertiary/aromatic N) is 3. The van der Waals surface area contributed by atoms with Crippen molar-refractivity contribution in [3.63, 3.8) is 0 Å². The number of benzene rings is 1. The van der Waals surface area contributed by atoms with E-state index >= 15 is 0 Å². The van der Waals surface area contributed by atoms with Gasteiger partial charge in [-0.2, -0.15) is 0 Å². The van der Waals surface area contributed by atoms with Gasteiger partial charge in [0.15, 0.2) is 0 Å². The predicted molar refractivity (Wildman–Crippen MR) is 130 cm³/mol. The second-order valence-electron chi connectivity index (χ2n) is 11.0. The summed E-state index contributed by atoms with van der Waals surface area (Å²) in [6.45, 7) is 4.67. The Balaban J connectivity index is 1.16. The van der Waals surface area contributed by atoms with E-state index in [1.165, 1.54) is 44.3 Å².